The van der Waals surface area contributed by atoms with Gasteiger partial charge in [-0.3, -0.25) is 14.3 Å². The lowest BCUT2D eigenvalue weighted by Gasteiger charge is -2.26. The SMILES string of the molecule is CCC(CC)n1ncc(C(=O)N(CCC(=O)O)C(C)C)c1C. The molecule has 0 saturated carbocycles. The summed E-state index contributed by atoms with van der Waals surface area (Å²) in [7, 11) is 0. The average molecular weight is 309 g/mol. The summed E-state index contributed by atoms with van der Waals surface area (Å²) >= 11 is 0. The van der Waals surface area contributed by atoms with Crippen LogP contribution in [0.15, 0.2) is 6.20 Å². The maximum absolute atomic E-state index is 12.7. The van der Waals surface area contributed by atoms with Gasteiger partial charge in [-0.05, 0) is 33.6 Å². The molecule has 0 saturated heterocycles. The van der Waals surface area contributed by atoms with Gasteiger partial charge in [0, 0.05) is 18.3 Å². The minimum atomic E-state index is -0.900. The van der Waals surface area contributed by atoms with Crippen LogP contribution in [-0.4, -0.2) is 44.3 Å². The molecule has 1 aromatic heterocycles. The molecule has 0 atom stereocenters. The Bertz CT molecular complexity index is 519. The molecule has 0 bridgehead atoms. The van der Waals surface area contributed by atoms with Crippen molar-refractivity contribution in [2.45, 2.75) is 66.0 Å². The highest BCUT2D eigenvalue weighted by Crippen LogP contribution is 2.21. The third-order valence-electron chi connectivity index (χ3n) is 4.01. The number of carbonyl (C=O) groups excluding carboxylic acids is 1. The van der Waals surface area contributed by atoms with Crippen LogP contribution < -0.4 is 0 Å². The molecule has 1 amide bonds. The van der Waals surface area contributed by atoms with Gasteiger partial charge in [0.1, 0.15) is 0 Å². The number of aliphatic carboxylic acids is 1. The number of amides is 1. The molecule has 1 heterocycles. The Morgan fingerprint density at radius 3 is 2.36 bits per heavy atom. The fourth-order valence-corrected chi connectivity index (χ4v) is 2.60. The maximum atomic E-state index is 12.7. The van der Waals surface area contributed by atoms with Crippen LogP contribution in [0.4, 0.5) is 0 Å². The molecule has 0 aliphatic heterocycles. The van der Waals surface area contributed by atoms with Crippen molar-refractivity contribution in [2.75, 3.05) is 6.54 Å². The third-order valence-corrected chi connectivity index (χ3v) is 4.01. The standard InChI is InChI=1S/C16H27N3O3/c1-6-13(7-2)19-12(5)14(10-17-19)16(22)18(11(3)4)9-8-15(20)21/h10-11,13H,6-9H2,1-5H3,(H,20,21). The van der Waals surface area contributed by atoms with Crippen LogP contribution in [0.2, 0.25) is 0 Å². The lowest BCUT2D eigenvalue weighted by Crippen LogP contribution is -2.38. The molecule has 0 aromatic carbocycles. The van der Waals surface area contributed by atoms with E-state index in [1.54, 1.807) is 11.1 Å². The van der Waals surface area contributed by atoms with Gasteiger partial charge in [-0.2, -0.15) is 5.10 Å². The van der Waals surface area contributed by atoms with Crippen molar-refractivity contribution in [3.63, 3.8) is 0 Å². The number of aromatic nitrogens is 2. The molecular formula is C16H27N3O3. The van der Waals surface area contributed by atoms with Gasteiger partial charge in [-0.1, -0.05) is 13.8 Å². The van der Waals surface area contributed by atoms with Crippen molar-refractivity contribution in [3.8, 4) is 0 Å². The van der Waals surface area contributed by atoms with E-state index < -0.39 is 5.97 Å². The van der Waals surface area contributed by atoms with Gasteiger partial charge in [0.25, 0.3) is 5.91 Å². The lowest BCUT2D eigenvalue weighted by molar-refractivity contribution is -0.137. The molecule has 0 spiro atoms. The van der Waals surface area contributed by atoms with Crippen molar-refractivity contribution >= 4 is 11.9 Å². The monoisotopic (exact) mass is 309 g/mol. The highest BCUT2D eigenvalue weighted by molar-refractivity contribution is 5.95. The minimum Gasteiger partial charge on any atom is -0.481 e. The van der Waals surface area contributed by atoms with Gasteiger partial charge in [-0.25, -0.2) is 0 Å². The van der Waals surface area contributed by atoms with E-state index >= 15 is 0 Å². The van der Waals surface area contributed by atoms with Gasteiger partial charge < -0.3 is 10.0 Å². The van der Waals surface area contributed by atoms with Crippen LogP contribution in [0.1, 0.15) is 69.1 Å². The summed E-state index contributed by atoms with van der Waals surface area (Å²) in [5, 5.41) is 13.2. The smallest absolute Gasteiger partial charge is 0.305 e. The summed E-state index contributed by atoms with van der Waals surface area (Å²) in [5.74, 6) is -1.05. The van der Waals surface area contributed by atoms with Crippen molar-refractivity contribution in [3.05, 3.63) is 17.5 Å². The topological polar surface area (TPSA) is 75.4 Å². The molecular weight excluding hydrogens is 282 g/mol. The van der Waals surface area contributed by atoms with E-state index in [1.807, 2.05) is 25.5 Å². The number of rotatable bonds is 8. The average Bonchev–Trinajstić information content (AvgIpc) is 2.82. The first-order valence-corrected chi connectivity index (χ1v) is 7.90. The molecule has 1 aromatic rings. The van der Waals surface area contributed by atoms with Gasteiger partial charge in [0.2, 0.25) is 0 Å². The zero-order chi connectivity index (χ0) is 16.9. The van der Waals surface area contributed by atoms with Crippen LogP contribution in [0.5, 0.6) is 0 Å². The van der Waals surface area contributed by atoms with Gasteiger partial charge in [0.15, 0.2) is 0 Å². The van der Waals surface area contributed by atoms with E-state index in [1.165, 1.54) is 0 Å². The number of carboxylic acids is 1. The zero-order valence-corrected chi connectivity index (χ0v) is 14.2. The van der Waals surface area contributed by atoms with E-state index in [2.05, 4.69) is 18.9 Å². The Balaban J connectivity index is 3.02. The highest BCUT2D eigenvalue weighted by atomic mass is 16.4. The molecule has 124 valence electrons. The number of hydrogen-bond donors (Lipinski definition) is 1. The second-order valence-corrected chi connectivity index (χ2v) is 5.79. The normalized spacial score (nSPS) is 11.2. The van der Waals surface area contributed by atoms with E-state index in [0.29, 0.717) is 5.56 Å². The molecule has 1 N–H and O–H groups in total. The first kappa shape index (κ1) is 18.2. The highest BCUT2D eigenvalue weighted by Gasteiger charge is 2.24. The van der Waals surface area contributed by atoms with Crippen LogP contribution in [-0.2, 0) is 4.79 Å². The number of carboxylic acid groups (broad SMARTS) is 1. The zero-order valence-electron chi connectivity index (χ0n) is 14.2. The van der Waals surface area contributed by atoms with E-state index in [4.69, 9.17) is 5.11 Å². The van der Waals surface area contributed by atoms with Crippen LogP contribution in [0.25, 0.3) is 0 Å². The fraction of sp³-hybridized carbons (Fsp3) is 0.688. The Morgan fingerprint density at radius 1 is 1.32 bits per heavy atom. The first-order chi connectivity index (χ1) is 10.3. The van der Waals surface area contributed by atoms with Crippen molar-refractivity contribution in [2.24, 2.45) is 0 Å². The third kappa shape index (κ3) is 4.08. The maximum Gasteiger partial charge on any atom is 0.305 e. The number of hydrogen-bond acceptors (Lipinski definition) is 3. The lowest BCUT2D eigenvalue weighted by atomic mass is 10.1. The molecule has 6 heteroatoms. The Morgan fingerprint density at radius 2 is 1.91 bits per heavy atom. The number of nitrogens with zero attached hydrogens (tertiary/aromatic N) is 3. The number of carbonyl (C=O) groups is 2. The Kier molecular flexibility index (Phi) is 6.59. The van der Waals surface area contributed by atoms with Gasteiger partial charge >= 0.3 is 5.97 Å². The minimum absolute atomic E-state index is 0.0519. The molecule has 0 unspecified atom stereocenters. The van der Waals surface area contributed by atoms with E-state index in [0.717, 1.165) is 18.5 Å². The molecule has 1 rings (SSSR count). The summed E-state index contributed by atoms with van der Waals surface area (Å²) in [6.07, 6.45) is 3.47. The molecule has 6 nitrogen and oxygen atoms in total. The Hall–Kier alpha value is -1.85. The van der Waals surface area contributed by atoms with Crippen molar-refractivity contribution < 1.29 is 14.7 Å². The van der Waals surface area contributed by atoms with Crippen LogP contribution in [0.3, 0.4) is 0 Å². The van der Waals surface area contributed by atoms with Crippen LogP contribution in [0, 0.1) is 6.92 Å². The summed E-state index contributed by atoms with van der Waals surface area (Å²) in [6, 6.07) is 0.232. The summed E-state index contributed by atoms with van der Waals surface area (Å²) in [6.45, 7) is 10.1. The molecule has 0 aliphatic carbocycles. The van der Waals surface area contributed by atoms with Crippen molar-refractivity contribution in [1.82, 2.24) is 14.7 Å². The van der Waals surface area contributed by atoms with E-state index in [-0.39, 0.29) is 31.0 Å². The summed E-state index contributed by atoms with van der Waals surface area (Å²) in [4.78, 5) is 25.1. The first-order valence-electron chi connectivity index (χ1n) is 7.90. The molecule has 0 radical (unpaired) electrons. The summed E-state index contributed by atoms with van der Waals surface area (Å²) < 4.78 is 1.91. The molecule has 22 heavy (non-hydrogen) atoms. The predicted molar refractivity (Wildman–Crippen MR) is 85.0 cm³/mol. The molecule has 0 aliphatic rings. The van der Waals surface area contributed by atoms with Crippen molar-refractivity contribution in [1.29, 1.82) is 0 Å². The predicted octanol–water partition coefficient (Wildman–Crippen LogP) is 2.88. The molecule has 0 fully saturated rings. The Labute approximate surface area is 132 Å². The second kappa shape index (κ2) is 7.96. The van der Waals surface area contributed by atoms with E-state index in [9.17, 15) is 9.59 Å². The van der Waals surface area contributed by atoms with Gasteiger partial charge in [0.05, 0.1) is 24.2 Å². The quantitative estimate of drug-likeness (QED) is 0.801. The fourth-order valence-electron chi connectivity index (χ4n) is 2.60. The van der Waals surface area contributed by atoms with Crippen LogP contribution >= 0.6 is 0 Å². The largest absolute Gasteiger partial charge is 0.481 e. The van der Waals surface area contributed by atoms with Gasteiger partial charge in [-0.15, -0.1) is 0 Å². The summed E-state index contributed by atoms with van der Waals surface area (Å²) in [5.41, 5.74) is 1.41. The second-order valence-electron chi connectivity index (χ2n) is 5.79.